The number of rotatable bonds is 3. The molecule has 1 aromatic heterocycles. The average molecular weight is 326 g/mol. The second-order valence-corrected chi connectivity index (χ2v) is 8.61. The minimum Gasteiger partial charge on any atom is -0.507 e. The van der Waals surface area contributed by atoms with E-state index in [-0.39, 0.29) is 10.8 Å². The van der Waals surface area contributed by atoms with Gasteiger partial charge in [0, 0.05) is 18.3 Å². The highest BCUT2D eigenvalue weighted by atomic mass is 16.3. The van der Waals surface area contributed by atoms with Crippen LogP contribution in [-0.2, 0) is 17.4 Å². The molecule has 0 aliphatic heterocycles. The molecule has 0 saturated carbocycles. The average Bonchev–Trinajstić information content (AvgIpc) is 2.45. The zero-order valence-electron chi connectivity index (χ0n) is 16.0. The van der Waals surface area contributed by atoms with Crippen LogP contribution in [0.3, 0.4) is 0 Å². The molecular formula is C21H30N2O. The van der Waals surface area contributed by atoms with E-state index in [1.807, 2.05) is 25.3 Å². The smallest absolute Gasteiger partial charge is 0.126 e. The Hall–Kier alpha value is -2.03. The van der Waals surface area contributed by atoms with Crippen molar-refractivity contribution in [3.63, 3.8) is 0 Å². The Morgan fingerprint density at radius 2 is 1.67 bits per heavy atom. The molecule has 0 saturated heterocycles. The maximum Gasteiger partial charge on any atom is 0.126 e. The van der Waals surface area contributed by atoms with Gasteiger partial charge in [-0.1, -0.05) is 53.7 Å². The Morgan fingerprint density at radius 3 is 2.17 bits per heavy atom. The molecule has 24 heavy (non-hydrogen) atoms. The van der Waals surface area contributed by atoms with Crippen LogP contribution in [0.1, 0.15) is 63.8 Å². The van der Waals surface area contributed by atoms with E-state index in [2.05, 4.69) is 64.0 Å². The van der Waals surface area contributed by atoms with E-state index in [1.165, 1.54) is 5.56 Å². The van der Waals surface area contributed by atoms with E-state index >= 15 is 0 Å². The molecule has 3 nitrogen and oxygen atoms in total. The number of pyridine rings is 1. The van der Waals surface area contributed by atoms with Gasteiger partial charge in [-0.15, -0.1) is 0 Å². The van der Waals surface area contributed by atoms with E-state index < -0.39 is 0 Å². The molecule has 0 unspecified atom stereocenters. The van der Waals surface area contributed by atoms with Crippen molar-refractivity contribution in [2.45, 2.75) is 65.8 Å². The van der Waals surface area contributed by atoms with E-state index in [0.717, 1.165) is 22.5 Å². The fourth-order valence-corrected chi connectivity index (χ4v) is 2.59. The van der Waals surface area contributed by atoms with Crippen molar-refractivity contribution in [3.05, 3.63) is 52.7 Å². The molecule has 0 aliphatic carbocycles. The quantitative estimate of drug-likeness (QED) is 0.804. The number of benzene rings is 1. The third-order valence-corrected chi connectivity index (χ3v) is 4.23. The zero-order chi connectivity index (χ0) is 18.1. The highest BCUT2D eigenvalue weighted by molar-refractivity contribution is 5.50. The van der Waals surface area contributed by atoms with Gasteiger partial charge in [-0.2, -0.15) is 0 Å². The molecule has 0 spiro atoms. The first kappa shape index (κ1) is 18.3. The number of hydrogen-bond acceptors (Lipinski definition) is 3. The van der Waals surface area contributed by atoms with Gasteiger partial charge < -0.3 is 10.4 Å². The van der Waals surface area contributed by atoms with Gasteiger partial charge >= 0.3 is 0 Å². The van der Waals surface area contributed by atoms with Crippen molar-refractivity contribution in [1.29, 1.82) is 0 Å². The number of hydrogen-bond donors (Lipinski definition) is 2. The van der Waals surface area contributed by atoms with Crippen LogP contribution in [0.15, 0.2) is 30.5 Å². The minimum atomic E-state index is -0.109. The van der Waals surface area contributed by atoms with Gasteiger partial charge in [0.05, 0.1) is 0 Å². The predicted octanol–water partition coefficient (Wildman–Crippen LogP) is 5.30. The highest BCUT2D eigenvalue weighted by Gasteiger charge is 2.24. The fraction of sp³-hybridized carbons (Fsp3) is 0.476. The number of aromatic hydroxyl groups is 1. The van der Waals surface area contributed by atoms with Crippen molar-refractivity contribution < 1.29 is 5.11 Å². The van der Waals surface area contributed by atoms with Crippen molar-refractivity contribution in [1.82, 2.24) is 4.98 Å². The van der Waals surface area contributed by atoms with Crippen LogP contribution in [0, 0.1) is 6.92 Å². The lowest BCUT2D eigenvalue weighted by molar-refractivity contribution is 0.439. The van der Waals surface area contributed by atoms with Crippen LogP contribution in [0.2, 0.25) is 0 Å². The van der Waals surface area contributed by atoms with Crippen LogP contribution < -0.4 is 5.32 Å². The maximum atomic E-state index is 10.8. The number of nitrogens with one attached hydrogen (secondary N) is 1. The molecule has 0 fully saturated rings. The molecule has 0 bridgehead atoms. The van der Waals surface area contributed by atoms with Crippen molar-refractivity contribution in [2.24, 2.45) is 0 Å². The Balaban J connectivity index is 2.39. The van der Waals surface area contributed by atoms with Crippen molar-refractivity contribution in [2.75, 3.05) is 5.32 Å². The molecule has 1 aromatic carbocycles. The lowest BCUT2D eigenvalue weighted by Gasteiger charge is -2.27. The van der Waals surface area contributed by atoms with Gasteiger partial charge in [0.25, 0.3) is 0 Å². The van der Waals surface area contributed by atoms with E-state index in [4.69, 9.17) is 0 Å². The van der Waals surface area contributed by atoms with Crippen molar-refractivity contribution in [3.8, 4) is 5.75 Å². The van der Waals surface area contributed by atoms with Crippen LogP contribution >= 0.6 is 0 Å². The number of aromatic nitrogens is 1. The second-order valence-electron chi connectivity index (χ2n) is 8.61. The molecule has 0 amide bonds. The third-order valence-electron chi connectivity index (χ3n) is 4.23. The number of phenols is 1. The molecule has 3 heteroatoms. The largest absolute Gasteiger partial charge is 0.507 e. The van der Waals surface area contributed by atoms with Gasteiger partial charge in [0.2, 0.25) is 0 Å². The summed E-state index contributed by atoms with van der Waals surface area (Å²) in [7, 11) is 0. The summed E-state index contributed by atoms with van der Waals surface area (Å²) in [4.78, 5) is 4.37. The van der Waals surface area contributed by atoms with E-state index in [0.29, 0.717) is 12.3 Å². The van der Waals surface area contributed by atoms with E-state index in [1.54, 1.807) is 0 Å². The molecular weight excluding hydrogens is 296 g/mol. The zero-order valence-corrected chi connectivity index (χ0v) is 16.0. The monoisotopic (exact) mass is 326 g/mol. The normalized spacial score (nSPS) is 12.3. The summed E-state index contributed by atoms with van der Waals surface area (Å²) in [6, 6.07) is 8.24. The topological polar surface area (TPSA) is 45.1 Å². The molecule has 2 N–H and O–H groups in total. The van der Waals surface area contributed by atoms with Gasteiger partial charge in [-0.05, 0) is 46.6 Å². The second kappa shape index (κ2) is 6.46. The summed E-state index contributed by atoms with van der Waals surface area (Å²) < 4.78 is 0. The summed E-state index contributed by atoms with van der Waals surface area (Å²) in [5.74, 6) is 1.20. The summed E-state index contributed by atoms with van der Waals surface area (Å²) in [5.41, 5.74) is 4.19. The maximum absolute atomic E-state index is 10.8. The summed E-state index contributed by atoms with van der Waals surface area (Å²) in [5, 5.41) is 14.1. The number of phenolic OH excluding ortho intramolecular Hbond substituents is 1. The third kappa shape index (κ3) is 4.28. The summed E-state index contributed by atoms with van der Waals surface area (Å²) in [6.07, 6.45) is 1.84. The highest BCUT2D eigenvalue weighted by Crippen LogP contribution is 2.37. The van der Waals surface area contributed by atoms with E-state index in [9.17, 15) is 5.11 Å². The standard InChI is InChI=1S/C21H30N2O/c1-14-8-9-18(22-12-14)23-13-15-10-16(20(2,3)4)11-17(19(15)24)21(5,6)7/h8-12,24H,13H2,1-7H3,(H,22,23). The predicted molar refractivity (Wildman–Crippen MR) is 102 cm³/mol. The number of anilines is 1. The lowest BCUT2D eigenvalue weighted by atomic mass is 9.79. The Bertz CT molecular complexity index is 704. The number of aryl methyl sites for hydroxylation is 1. The SMILES string of the molecule is Cc1ccc(NCc2cc(C(C)(C)C)cc(C(C)(C)C)c2O)nc1. The Labute approximate surface area is 146 Å². The van der Waals surface area contributed by atoms with Crippen LogP contribution in [0.5, 0.6) is 5.75 Å². The lowest BCUT2D eigenvalue weighted by Crippen LogP contribution is -2.18. The van der Waals surface area contributed by atoms with Gasteiger partial charge in [-0.25, -0.2) is 4.98 Å². The first-order chi connectivity index (χ1) is 11.0. The summed E-state index contributed by atoms with van der Waals surface area (Å²) >= 11 is 0. The minimum absolute atomic E-state index is 0.0323. The summed E-state index contributed by atoms with van der Waals surface area (Å²) in [6.45, 7) is 15.6. The molecule has 130 valence electrons. The van der Waals surface area contributed by atoms with Crippen LogP contribution in [0.25, 0.3) is 0 Å². The Morgan fingerprint density at radius 1 is 1.00 bits per heavy atom. The first-order valence-corrected chi connectivity index (χ1v) is 8.52. The Kier molecular flexibility index (Phi) is 4.93. The number of nitrogens with zero attached hydrogens (tertiary/aromatic N) is 1. The first-order valence-electron chi connectivity index (χ1n) is 8.52. The van der Waals surface area contributed by atoms with Crippen molar-refractivity contribution >= 4 is 5.82 Å². The molecule has 0 radical (unpaired) electrons. The van der Waals surface area contributed by atoms with Crippen LogP contribution in [0.4, 0.5) is 5.82 Å². The van der Waals surface area contributed by atoms with Gasteiger partial charge in [0.1, 0.15) is 11.6 Å². The molecule has 2 aromatic rings. The molecule has 1 heterocycles. The molecule has 0 aliphatic rings. The molecule has 0 atom stereocenters. The van der Waals surface area contributed by atoms with Crippen LogP contribution in [-0.4, -0.2) is 10.1 Å². The molecule has 2 rings (SSSR count). The van der Waals surface area contributed by atoms with Gasteiger partial charge in [-0.3, -0.25) is 0 Å². The fourth-order valence-electron chi connectivity index (χ4n) is 2.59. The van der Waals surface area contributed by atoms with Gasteiger partial charge in [0.15, 0.2) is 0 Å².